The van der Waals surface area contributed by atoms with Crippen molar-refractivity contribution in [2.45, 2.75) is 51.5 Å². The highest BCUT2D eigenvalue weighted by molar-refractivity contribution is 5.85. The lowest BCUT2D eigenvalue weighted by atomic mass is 9.99. The van der Waals surface area contributed by atoms with Crippen molar-refractivity contribution < 1.29 is 0 Å². The summed E-state index contributed by atoms with van der Waals surface area (Å²) in [7, 11) is 0. The molecular formula is C14H21N5. The van der Waals surface area contributed by atoms with Crippen LogP contribution in [0.5, 0.6) is 0 Å². The number of aromatic amines is 1. The molecule has 2 aromatic rings. The molecule has 2 N–H and O–H groups in total. The Morgan fingerprint density at radius 2 is 2.21 bits per heavy atom. The van der Waals surface area contributed by atoms with Crippen LogP contribution in [0.25, 0.3) is 11.0 Å². The van der Waals surface area contributed by atoms with Crippen molar-refractivity contribution in [2.75, 3.05) is 5.32 Å². The smallest absolute Gasteiger partial charge is 0.160 e. The standard InChI is InChI=1S/C14H21N5/c1-10(6-7-11-4-2-3-5-11)18-13-12-8-17-19-14(12)16-9-15-13/h8-11H,2-7H2,1H3,(H2,15,16,17,18,19). The number of fused-ring (bicyclic) bond motifs is 1. The van der Waals surface area contributed by atoms with Gasteiger partial charge in [0.2, 0.25) is 0 Å². The molecule has 1 unspecified atom stereocenters. The fourth-order valence-corrected chi connectivity index (χ4v) is 2.97. The van der Waals surface area contributed by atoms with Gasteiger partial charge in [0, 0.05) is 6.04 Å². The topological polar surface area (TPSA) is 66.5 Å². The van der Waals surface area contributed by atoms with E-state index in [-0.39, 0.29) is 0 Å². The normalized spacial score (nSPS) is 17.9. The van der Waals surface area contributed by atoms with E-state index in [4.69, 9.17) is 0 Å². The lowest BCUT2D eigenvalue weighted by molar-refractivity contribution is 0.467. The van der Waals surface area contributed by atoms with Crippen LogP contribution in [0.1, 0.15) is 45.4 Å². The molecule has 0 bridgehead atoms. The van der Waals surface area contributed by atoms with Crippen LogP contribution in [-0.2, 0) is 0 Å². The van der Waals surface area contributed by atoms with Gasteiger partial charge in [-0.15, -0.1) is 0 Å². The van der Waals surface area contributed by atoms with Gasteiger partial charge < -0.3 is 5.32 Å². The number of rotatable bonds is 5. The van der Waals surface area contributed by atoms with E-state index in [1.807, 2.05) is 0 Å². The SMILES string of the molecule is CC(CCC1CCCC1)Nc1ncnc2[nH]ncc12. The van der Waals surface area contributed by atoms with Gasteiger partial charge in [-0.3, -0.25) is 5.10 Å². The highest BCUT2D eigenvalue weighted by Gasteiger charge is 2.16. The fourth-order valence-electron chi connectivity index (χ4n) is 2.97. The maximum Gasteiger partial charge on any atom is 0.160 e. The molecule has 0 amide bonds. The zero-order valence-electron chi connectivity index (χ0n) is 11.4. The van der Waals surface area contributed by atoms with Gasteiger partial charge in [-0.25, -0.2) is 9.97 Å². The molecule has 19 heavy (non-hydrogen) atoms. The summed E-state index contributed by atoms with van der Waals surface area (Å²) in [5.74, 6) is 1.83. The van der Waals surface area contributed by atoms with Gasteiger partial charge >= 0.3 is 0 Å². The van der Waals surface area contributed by atoms with Gasteiger partial charge in [0.15, 0.2) is 5.65 Å². The molecule has 1 atom stereocenters. The summed E-state index contributed by atoms with van der Waals surface area (Å²) < 4.78 is 0. The van der Waals surface area contributed by atoms with Crippen LogP contribution < -0.4 is 5.32 Å². The Labute approximate surface area is 113 Å². The number of H-pyrrole nitrogens is 1. The molecular weight excluding hydrogens is 238 g/mol. The predicted octanol–water partition coefficient (Wildman–Crippen LogP) is 3.12. The second kappa shape index (κ2) is 5.55. The van der Waals surface area contributed by atoms with Gasteiger partial charge in [0.05, 0.1) is 11.6 Å². The van der Waals surface area contributed by atoms with E-state index in [1.54, 1.807) is 12.5 Å². The number of nitrogens with zero attached hydrogens (tertiary/aromatic N) is 3. The monoisotopic (exact) mass is 259 g/mol. The van der Waals surface area contributed by atoms with Gasteiger partial charge in [-0.1, -0.05) is 25.7 Å². The fraction of sp³-hybridized carbons (Fsp3) is 0.643. The summed E-state index contributed by atoms with van der Waals surface area (Å²) in [5, 5.41) is 11.3. The van der Waals surface area contributed by atoms with Crippen LogP contribution in [-0.4, -0.2) is 26.2 Å². The van der Waals surface area contributed by atoms with E-state index >= 15 is 0 Å². The molecule has 0 radical (unpaired) electrons. The molecule has 5 nitrogen and oxygen atoms in total. The summed E-state index contributed by atoms with van der Waals surface area (Å²) in [6, 6.07) is 0.439. The summed E-state index contributed by atoms with van der Waals surface area (Å²) in [4.78, 5) is 8.47. The first kappa shape index (κ1) is 12.4. The maximum atomic E-state index is 4.32. The Kier molecular flexibility index (Phi) is 3.62. The van der Waals surface area contributed by atoms with Crippen LogP contribution in [0.15, 0.2) is 12.5 Å². The van der Waals surface area contributed by atoms with Crippen LogP contribution in [0.3, 0.4) is 0 Å². The van der Waals surface area contributed by atoms with E-state index in [0.29, 0.717) is 6.04 Å². The third-order valence-electron chi connectivity index (χ3n) is 4.11. The van der Waals surface area contributed by atoms with Gasteiger partial charge in [-0.05, 0) is 25.7 Å². The molecule has 1 saturated carbocycles. The first-order valence-corrected chi connectivity index (χ1v) is 7.23. The molecule has 0 spiro atoms. The summed E-state index contributed by atoms with van der Waals surface area (Å²) in [6.07, 6.45) is 11.6. The number of hydrogen-bond acceptors (Lipinski definition) is 4. The first-order valence-electron chi connectivity index (χ1n) is 7.23. The van der Waals surface area contributed by atoms with E-state index in [9.17, 15) is 0 Å². The van der Waals surface area contributed by atoms with E-state index in [0.717, 1.165) is 22.8 Å². The van der Waals surface area contributed by atoms with Gasteiger partial charge in [-0.2, -0.15) is 5.10 Å². The largest absolute Gasteiger partial charge is 0.367 e. The number of hydrogen-bond donors (Lipinski definition) is 2. The van der Waals surface area contributed by atoms with Crippen molar-refractivity contribution in [3.05, 3.63) is 12.5 Å². The molecule has 2 aromatic heterocycles. The zero-order chi connectivity index (χ0) is 13.1. The first-order chi connectivity index (χ1) is 9.33. The van der Waals surface area contributed by atoms with Crippen LogP contribution >= 0.6 is 0 Å². The summed E-state index contributed by atoms with van der Waals surface area (Å²) in [6.45, 7) is 2.23. The van der Waals surface area contributed by atoms with E-state index in [2.05, 4.69) is 32.4 Å². The van der Waals surface area contributed by atoms with Crippen molar-refractivity contribution in [1.29, 1.82) is 0 Å². The van der Waals surface area contributed by atoms with Crippen LogP contribution in [0.4, 0.5) is 5.82 Å². The molecule has 0 aromatic carbocycles. The number of nitrogens with one attached hydrogen (secondary N) is 2. The number of aromatic nitrogens is 4. The Hall–Kier alpha value is -1.65. The highest BCUT2D eigenvalue weighted by Crippen LogP contribution is 2.29. The molecule has 3 rings (SSSR count). The van der Waals surface area contributed by atoms with Crippen molar-refractivity contribution in [1.82, 2.24) is 20.2 Å². The second-order valence-electron chi connectivity index (χ2n) is 5.63. The minimum Gasteiger partial charge on any atom is -0.367 e. The Morgan fingerprint density at radius 3 is 3.05 bits per heavy atom. The summed E-state index contributed by atoms with van der Waals surface area (Å²) >= 11 is 0. The van der Waals surface area contributed by atoms with Crippen LogP contribution in [0.2, 0.25) is 0 Å². The molecule has 5 heteroatoms. The Bertz CT molecular complexity index is 529. The molecule has 1 aliphatic rings. The molecule has 0 saturated heterocycles. The molecule has 1 aliphatic carbocycles. The average Bonchev–Trinajstić information content (AvgIpc) is 3.08. The Morgan fingerprint density at radius 1 is 1.37 bits per heavy atom. The van der Waals surface area contributed by atoms with Crippen molar-refractivity contribution in [2.24, 2.45) is 5.92 Å². The molecule has 1 fully saturated rings. The lowest BCUT2D eigenvalue weighted by Gasteiger charge is -2.17. The maximum absolute atomic E-state index is 4.32. The van der Waals surface area contributed by atoms with Crippen molar-refractivity contribution in [3.63, 3.8) is 0 Å². The minimum atomic E-state index is 0.439. The highest BCUT2D eigenvalue weighted by atomic mass is 15.2. The quantitative estimate of drug-likeness (QED) is 0.865. The third kappa shape index (κ3) is 2.85. The van der Waals surface area contributed by atoms with Gasteiger partial charge in [0.1, 0.15) is 12.1 Å². The molecule has 0 aliphatic heterocycles. The van der Waals surface area contributed by atoms with E-state index in [1.165, 1.54) is 38.5 Å². The van der Waals surface area contributed by atoms with Crippen molar-refractivity contribution in [3.8, 4) is 0 Å². The summed E-state index contributed by atoms with van der Waals surface area (Å²) in [5.41, 5.74) is 0.792. The Balaban J connectivity index is 1.59. The van der Waals surface area contributed by atoms with Gasteiger partial charge in [0.25, 0.3) is 0 Å². The van der Waals surface area contributed by atoms with E-state index < -0.39 is 0 Å². The van der Waals surface area contributed by atoms with Crippen molar-refractivity contribution >= 4 is 16.9 Å². The third-order valence-corrected chi connectivity index (χ3v) is 4.11. The lowest BCUT2D eigenvalue weighted by Crippen LogP contribution is -2.17. The average molecular weight is 259 g/mol. The minimum absolute atomic E-state index is 0.439. The molecule has 2 heterocycles. The molecule has 102 valence electrons. The number of anilines is 1. The van der Waals surface area contributed by atoms with Crippen LogP contribution in [0, 0.1) is 5.92 Å². The zero-order valence-corrected chi connectivity index (χ0v) is 11.4. The predicted molar refractivity (Wildman–Crippen MR) is 76.0 cm³/mol. The second-order valence-corrected chi connectivity index (χ2v) is 5.63.